The minimum atomic E-state index is 0.00589. The van der Waals surface area contributed by atoms with E-state index in [1.807, 2.05) is 10.1 Å². The van der Waals surface area contributed by atoms with Gasteiger partial charge in [0.2, 0.25) is 5.91 Å². The van der Waals surface area contributed by atoms with Crippen LogP contribution in [-0.4, -0.2) is 50.2 Å². The Hall–Kier alpha value is -1.80. The number of nitrogens with zero attached hydrogens (tertiary/aromatic N) is 5. The Labute approximate surface area is 127 Å². The largest absolute Gasteiger partial charge is 0.301 e. The number of thiazole rings is 1. The van der Waals surface area contributed by atoms with Gasteiger partial charge in [-0.25, -0.2) is 9.97 Å². The van der Waals surface area contributed by atoms with Crippen molar-refractivity contribution in [1.29, 1.82) is 0 Å². The summed E-state index contributed by atoms with van der Waals surface area (Å²) in [5.41, 5.74) is 0. The molecular weight excluding hydrogens is 288 g/mol. The highest BCUT2D eigenvalue weighted by atomic mass is 32.1. The second-order valence-corrected chi connectivity index (χ2v) is 6.14. The summed E-state index contributed by atoms with van der Waals surface area (Å²) in [6.45, 7) is 3.18. The molecule has 0 spiro atoms. The Morgan fingerprint density at radius 2 is 2.48 bits per heavy atom. The molecule has 0 radical (unpaired) electrons. The second-order valence-electron chi connectivity index (χ2n) is 5.25. The first-order valence-corrected chi connectivity index (χ1v) is 7.91. The summed E-state index contributed by atoms with van der Waals surface area (Å²) in [7, 11) is 0. The Kier molecular flexibility index (Phi) is 4.56. The molecule has 1 aliphatic rings. The smallest absolute Gasteiger partial charge is 0.240 e. The fourth-order valence-corrected chi connectivity index (χ4v) is 3.23. The van der Waals surface area contributed by atoms with E-state index in [-0.39, 0.29) is 5.91 Å². The lowest BCUT2D eigenvalue weighted by Crippen LogP contribution is -2.41. The fraction of sp³-hybridized carbons (Fsp3) is 0.538. The molecule has 1 saturated heterocycles. The molecule has 1 atom stereocenters. The number of likely N-dealkylation sites (tertiary alicyclic amines) is 1. The number of carbonyl (C=O) groups is 1. The zero-order chi connectivity index (χ0) is 14.5. The van der Waals surface area contributed by atoms with E-state index >= 15 is 0 Å². The van der Waals surface area contributed by atoms with Crippen LogP contribution in [-0.2, 0) is 11.3 Å². The van der Waals surface area contributed by atoms with E-state index in [2.05, 4.69) is 25.3 Å². The number of rotatable bonds is 5. The number of amides is 1. The molecule has 7 nitrogen and oxygen atoms in total. The van der Waals surface area contributed by atoms with Crippen LogP contribution in [0.25, 0.3) is 0 Å². The van der Waals surface area contributed by atoms with Crippen molar-refractivity contribution in [3.8, 4) is 0 Å². The minimum Gasteiger partial charge on any atom is -0.301 e. The molecule has 1 amide bonds. The Morgan fingerprint density at radius 1 is 1.52 bits per heavy atom. The number of hydrogen-bond donors (Lipinski definition) is 1. The molecule has 2 aromatic heterocycles. The van der Waals surface area contributed by atoms with Crippen LogP contribution in [0.15, 0.2) is 24.2 Å². The maximum Gasteiger partial charge on any atom is 0.240 e. The lowest BCUT2D eigenvalue weighted by molar-refractivity contribution is -0.117. The molecule has 1 aliphatic heterocycles. The molecule has 8 heteroatoms. The van der Waals surface area contributed by atoms with E-state index in [0.29, 0.717) is 17.6 Å². The van der Waals surface area contributed by atoms with E-state index in [9.17, 15) is 4.79 Å². The molecule has 0 saturated carbocycles. The van der Waals surface area contributed by atoms with Crippen molar-refractivity contribution in [3.05, 3.63) is 24.2 Å². The van der Waals surface area contributed by atoms with E-state index in [1.165, 1.54) is 17.8 Å². The molecule has 1 N–H and O–H groups in total. The summed E-state index contributed by atoms with van der Waals surface area (Å²) in [5, 5.41) is 9.49. The number of nitrogens with one attached hydrogen (secondary N) is 1. The monoisotopic (exact) mass is 306 g/mol. The SMILES string of the molecule is O=C(CN1CCC[C@H](Cn2cncn2)C1)Nc1nccs1. The lowest BCUT2D eigenvalue weighted by atomic mass is 9.98. The number of hydrogen-bond acceptors (Lipinski definition) is 6. The lowest BCUT2D eigenvalue weighted by Gasteiger charge is -2.31. The van der Waals surface area contributed by atoms with Gasteiger partial charge in [-0.05, 0) is 25.3 Å². The maximum absolute atomic E-state index is 12.0. The summed E-state index contributed by atoms with van der Waals surface area (Å²) in [5.74, 6) is 0.527. The van der Waals surface area contributed by atoms with Gasteiger partial charge in [-0.3, -0.25) is 14.4 Å². The van der Waals surface area contributed by atoms with Gasteiger partial charge in [0.05, 0.1) is 6.54 Å². The molecule has 3 rings (SSSR count). The quantitative estimate of drug-likeness (QED) is 0.895. The molecule has 1 fully saturated rings. The number of carbonyl (C=O) groups excluding carboxylic acids is 1. The van der Waals surface area contributed by atoms with Crippen LogP contribution in [0.2, 0.25) is 0 Å². The van der Waals surface area contributed by atoms with Crippen molar-refractivity contribution in [2.24, 2.45) is 5.92 Å². The molecule has 0 unspecified atom stereocenters. The van der Waals surface area contributed by atoms with Gasteiger partial charge in [-0.15, -0.1) is 11.3 Å². The average Bonchev–Trinajstić information content (AvgIpc) is 3.12. The van der Waals surface area contributed by atoms with Gasteiger partial charge in [0, 0.05) is 24.7 Å². The Morgan fingerprint density at radius 3 is 3.24 bits per heavy atom. The van der Waals surface area contributed by atoms with Gasteiger partial charge in [-0.2, -0.15) is 5.10 Å². The summed E-state index contributed by atoms with van der Waals surface area (Å²) in [6, 6.07) is 0. The van der Waals surface area contributed by atoms with Crippen LogP contribution in [0.5, 0.6) is 0 Å². The van der Waals surface area contributed by atoms with Crippen LogP contribution in [0.4, 0.5) is 5.13 Å². The highest BCUT2D eigenvalue weighted by Crippen LogP contribution is 2.18. The van der Waals surface area contributed by atoms with E-state index in [4.69, 9.17) is 0 Å². The van der Waals surface area contributed by atoms with Crippen LogP contribution < -0.4 is 5.32 Å². The molecule has 112 valence electrons. The number of aromatic nitrogens is 4. The van der Waals surface area contributed by atoms with Crippen LogP contribution in [0.1, 0.15) is 12.8 Å². The normalized spacial score (nSPS) is 19.5. The number of anilines is 1. The van der Waals surface area contributed by atoms with Crippen molar-refractivity contribution in [2.45, 2.75) is 19.4 Å². The zero-order valence-corrected chi connectivity index (χ0v) is 12.5. The van der Waals surface area contributed by atoms with Gasteiger partial charge < -0.3 is 5.32 Å². The van der Waals surface area contributed by atoms with Gasteiger partial charge in [0.1, 0.15) is 12.7 Å². The van der Waals surface area contributed by atoms with Crippen molar-refractivity contribution < 1.29 is 4.79 Å². The van der Waals surface area contributed by atoms with Crippen LogP contribution >= 0.6 is 11.3 Å². The van der Waals surface area contributed by atoms with Gasteiger partial charge in [0.15, 0.2) is 5.13 Å². The first kappa shape index (κ1) is 14.2. The molecule has 21 heavy (non-hydrogen) atoms. The minimum absolute atomic E-state index is 0.00589. The highest BCUT2D eigenvalue weighted by molar-refractivity contribution is 7.13. The first-order chi connectivity index (χ1) is 10.3. The zero-order valence-electron chi connectivity index (χ0n) is 11.7. The molecule has 2 aromatic rings. The van der Waals surface area contributed by atoms with Crippen molar-refractivity contribution >= 4 is 22.4 Å². The Bertz CT molecular complexity index is 555. The molecule has 0 aromatic carbocycles. The van der Waals surface area contributed by atoms with Crippen molar-refractivity contribution in [3.63, 3.8) is 0 Å². The summed E-state index contributed by atoms with van der Waals surface area (Å²) < 4.78 is 1.86. The molecule has 0 bridgehead atoms. The van der Waals surface area contributed by atoms with Crippen LogP contribution in [0.3, 0.4) is 0 Å². The topological polar surface area (TPSA) is 75.9 Å². The summed E-state index contributed by atoms with van der Waals surface area (Å²) in [4.78, 5) is 22.2. The predicted octanol–water partition coefficient (Wildman–Crippen LogP) is 1.09. The van der Waals surface area contributed by atoms with Crippen LogP contribution in [0, 0.1) is 5.92 Å². The van der Waals surface area contributed by atoms with Crippen molar-refractivity contribution in [2.75, 3.05) is 25.0 Å². The molecule has 3 heterocycles. The van der Waals surface area contributed by atoms with Crippen molar-refractivity contribution in [1.82, 2.24) is 24.6 Å². The predicted molar refractivity (Wildman–Crippen MR) is 79.9 cm³/mol. The van der Waals surface area contributed by atoms with Gasteiger partial charge in [0.25, 0.3) is 0 Å². The average molecular weight is 306 g/mol. The van der Waals surface area contributed by atoms with E-state index < -0.39 is 0 Å². The fourth-order valence-electron chi connectivity index (χ4n) is 2.68. The highest BCUT2D eigenvalue weighted by Gasteiger charge is 2.22. The third-order valence-corrected chi connectivity index (χ3v) is 4.25. The first-order valence-electron chi connectivity index (χ1n) is 7.04. The maximum atomic E-state index is 12.0. The summed E-state index contributed by atoms with van der Waals surface area (Å²) >= 11 is 1.44. The van der Waals surface area contributed by atoms with Gasteiger partial charge in [-0.1, -0.05) is 0 Å². The van der Waals surface area contributed by atoms with E-state index in [0.717, 1.165) is 26.1 Å². The third kappa shape index (κ3) is 4.08. The molecule has 0 aliphatic carbocycles. The Balaban J connectivity index is 1.48. The number of piperidine rings is 1. The molecular formula is C13H18N6OS. The third-order valence-electron chi connectivity index (χ3n) is 3.56. The summed E-state index contributed by atoms with van der Waals surface area (Å²) in [6.07, 6.45) is 7.28. The second kappa shape index (κ2) is 6.77. The van der Waals surface area contributed by atoms with Gasteiger partial charge >= 0.3 is 0 Å². The standard InChI is InChI=1S/C13H18N6OS/c20-12(17-13-15-3-5-21-13)8-18-4-1-2-11(6-18)7-19-10-14-9-16-19/h3,5,9-11H,1-2,4,6-8H2,(H,15,17,20)/t11-/m0/s1. The van der Waals surface area contributed by atoms with E-state index in [1.54, 1.807) is 18.9 Å².